The van der Waals surface area contributed by atoms with E-state index in [9.17, 15) is 5.11 Å². The topological polar surface area (TPSA) is 63.5 Å². The second kappa shape index (κ2) is 7.71. The van der Waals surface area contributed by atoms with Crippen LogP contribution in [-0.2, 0) is 0 Å². The minimum atomic E-state index is -0.524. The molecule has 2 heterocycles. The Morgan fingerprint density at radius 2 is 1.84 bits per heavy atom. The van der Waals surface area contributed by atoms with E-state index in [1.165, 1.54) is 0 Å². The molecule has 0 unspecified atom stereocenters. The molecule has 3 aromatic carbocycles. The van der Waals surface area contributed by atoms with Gasteiger partial charge >= 0.3 is 0 Å². The van der Waals surface area contributed by atoms with Gasteiger partial charge < -0.3 is 19.3 Å². The van der Waals surface area contributed by atoms with Crippen molar-refractivity contribution in [2.75, 3.05) is 14.2 Å². The van der Waals surface area contributed by atoms with E-state index in [1.54, 1.807) is 32.4 Å². The summed E-state index contributed by atoms with van der Waals surface area (Å²) < 4.78 is 17.6. The number of rotatable bonds is 4. The van der Waals surface area contributed by atoms with Gasteiger partial charge in [-0.15, -0.1) is 0 Å². The van der Waals surface area contributed by atoms with Crippen molar-refractivity contribution in [2.45, 2.75) is 18.7 Å². The SMILES string of the molecule is COc1cccc([C@@H]2Oc3ccccc3[C@@H]3CC(c4cc(Cl)ccc4O)=NN32)c1OC. The van der Waals surface area contributed by atoms with Crippen molar-refractivity contribution in [2.24, 2.45) is 5.10 Å². The Morgan fingerprint density at radius 1 is 1.03 bits per heavy atom. The molecule has 0 radical (unpaired) electrons. The summed E-state index contributed by atoms with van der Waals surface area (Å²) in [7, 11) is 3.22. The van der Waals surface area contributed by atoms with Gasteiger partial charge in [-0.3, -0.25) is 0 Å². The Balaban J connectivity index is 1.65. The van der Waals surface area contributed by atoms with E-state index < -0.39 is 6.23 Å². The number of fused-ring (bicyclic) bond motifs is 3. The van der Waals surface area contributed by atoms with Crippen LogP contribution in [0.15, 0.2) is 65.8 Å². The quantitative estimate of drug-likeness (QED) is 0.600. The number of hydrazone groups is 1. The maximum atomic E-state index is 10.4. The number of hydrogen-bond acceptors (Lipinski definition) is 6. The van der Waals surface area contributed by atoms with Crippen LogP contribution in [0.2, 0.25) is 5.02 Å². The number of methoxy groups -OCH3 is 2. The first-order valence-electron chi connectivity index (χ1n) is 9.92. The fourth-order valence-corrected chi connectivity index (χ4v) is 4.42. The van der Waals surface area contributed by atoms with E-state index in [2.05, 4.69) is 0 Å². The Morgan fingerprint density at radius 3 is 2.65 bits per heavy atom. The Labute approximate surface area is 185 Å². The number of aromatic hydroxyl groups is 1. The van der Waals surface area contributed by atoms with Gasteiger partial charge in [0.2, 0.25) is 6.23 Å². The zero-order valence-corrected chi connectivity index (χ0v) is 17.8. The van der Waals surface area contributed by atoms with Crippen LogP contribution in [0.1, 0.15) is 35.4 Å². The van der Waals surface area contributed by atoms with Gasteiger partial charge in [0.1, 0.15) is 11.5 Å². The highest BCUT2D eigenvalue weighted by Gasteiger charge is 2.42. The molecule has 2 aliphatic rings. The van der Waals surface area contributed by atoms with Gasteiger partial charge in [0.05, 0.1) is 31.5 Å². The van der Waals surface area contributed by atoms with E-state index >= 15 is 0 Å². The van der Waals surface area contributed by atoms with Crippen LogP contribution in [0.4, 0.5) is 0 Å². The molecule has 2 atom stereocenters. The summed E-state index contributed by atoms with van der Waals surface area (Å²) >= 11 is 6.19. The summed E-state index contributed by atoms with van der Waals surface area (Å²) in [5, 5.41) is 17.8. The highest BCUT2D eigenvalue weighted by molar-refractivity contribution is 6.31. The second-order valence-corrected chi connectivity index (χ2v) is 7.84. The second-order valence-electron chi connectivity index (χ2n) is 7.40. The lowest BCUT2D eigenvalue weighted by Gasteiger charge is -2.38. The van der Waals surface area contributed by atoms with Crippen LogP contribution in [0.5, 0.6) is 23.0 Å². The number of phenolic OH excluding ortho intramolecular Hbond substituents is 1. The summed E-state index contributed by atoms with van der Waals surface area (Å²) in [5.41, 5.74) is 3.22. The van der Waals surface area contributed by atoms with Crippen molar-refractivity contribution in [3.05, 3.63) is 82.4 Å². The van der Waals surface area contributed by atoms with Crippen LogP contribution >= 0.6 is 11.6 Å². The van der Waals surface area contributed by atoms with Gasteiger partial charge in [0.25, 0.3) is 0 Å². The number of nitrogens with zero attached hydrogens (tertiary/aromatic N) is 2. The molecule has 0 spiro atoms. The fourth-order valence-electron chi connectivity index (χ4n) is 4.25. The highest BCUT2D eigenvalue weighted by Crippen LogP contribution is 2.50. The predicted molar refractivity (Wildman–Crippen MR) is 118 cm³/mol. The number of ether oxygens (including phenoxy) is 3. The Bertz CT molecular complexity index is 1180. The standard InChI is InChI=1S/C24H21ClN2O4/c1-29-22-9-5-7-16(23(22)30-2)24-27-19(15-6-3-4-8-21(15)31-24)13-18(26-27)17-12-14(25)10-11-20(17)28/h3-12,19,24,28H,13H2,1-2H3/t19-,24-/m0/s1. The fraction of sp³-hybridized carbons (Fsp3) is 0.208. The lowest BCUT2D eigenvalue weighted by atomic mass is 9.95. The van der Waals surface area contributed by atoms with E-state index in [1.807, 2.05) is 47.5 Å². The maximum Gasteiger partial charge on any atom is 0.217 e. The zero-order valence-electron chi connectivity index (χ0n) is 17.1. The average molecular weight is 437 g/mol. The predicted octanol–water partition coefficient (Wildman–Crippen LogP) is 5.31. The lowest BCUT2D eigenvalue weighted by Crippen LogP contribution is -2.34. The number of halogens is 1. The monoisotopic (exact) mass is 436 g/mol. The summed E-state index contributed by atoms with van der Waals surface area (Å²) in [6.45, 7) is 0. The lowest BCUT2D eigenvalue weighted by molar-refractivity contribution is -0.0205. The maximum absolute atomic E-state index is 10.4. The first-order valence-corrected chi connectivity index (χ1v) is 10.3. The zero-order chi connectivity index (χ0) is 21.5. The van der Waals surface area contributed by atoms with E-state index in [0.717, 1.165) is 22.6 Å². The van der Waals surface area contributed by atoms with Gasteiger partial charge in [-0.2, -0.15) is 5.10 Å². The Hall–Kier alpha value is -3.38. The number of para-hydroxylation sites is 2. The molecule has 0 saturated heterocycles. The number of benzene rings is 3. The molecule has 3 aromatic rings. The molecular formula is C24H21ClN2O4. The molecule has 5 rings (SSSR count). The van der Waals surface area contributed by atoms with Crippen LogP contribution < -0.4 is 14.2 Å². The van der Waals surface area contributed by atoms with Crippen LogP contribution in [0.3, 0.4) is 0 Å². The van der Waals surface area contributed by atoms with Crippen LogP contribution in [-0.4, -0.2) is 30.0 Å². The first kappa shape index (κ1) is 19.6. The molecule has 1 N–H and O–H groups in total. The molecule has 0 aromatic heterocycles. The summed E-state index contributed by atoms with van der Waals surface area (Å²) in [6, 6.07) is 18.6. The van der Waals surface area contributed by atoms with Crippen molar-refractivity contribution in [1.82, 2.24) is 5.01 Å². The van der Waals surface area contributed by atoms with Crippen LogP contribution in [0.25, 0.3) is 0 Å². The first-order chi connectivity index (χ1) is 15.1. The largest absolute Gasteiger partial charge is 0.507 e. The van der Waals surface area contributed by atoms with Gasteiger partial charge in [-0.05, 0) is 36.4 Å². The third-order valence-electron chi connectivity index (χ3n) is 5.67. The number of phenols is 1. The summed E-state index contributed by atoms with van der Waals surface area (Å²) in [5.74, 6) is 2.16. The minimum Gasteiger partial charge on any atom is -0.507 e. The molecule has 6 nitrogen and oxygen atoms in total. The van der Waals surface area contributed by atoms with E-state index in [4.69, 9.17) is 30.9 Å². The summed E-state index contributed by atoms with van der Waals surface area (Å²) in [6.07, 6.45) is 0.0839. The molecule has 0 fully saturated rings. The van der Waals surface area contributed by atoms with E-state index in [-0.39, 0.29) is 11.8 Å². The molecule has 0 saturated carbocycles. The molecule has 31 heavy (non-hydrogen) atoms. The van der Waals surface area contributed by atoms with Gasteiger partial charge in [0, 0.05) is 22.6 Å². The molecule has 2 aliphatic heterocycles. The number of hydrogen-bond donors (Lipinski definition) is 1. The van der Waals surface area contributed by atoms with Crippen LogP contribution in [0, 0.1) is 0 Å². The molecule has 158 valence electrons. The van der Waals surface area contributed by atoms with Crippen molar-refractivity contribution >= 4 is 17.3 Å². The Kier molecular flexibility index (Phi) is 4.87. The summed E-state index contributed by atoms with van der Waals surface area (Å²) in [4.78, 5) is 0. The van der Waals surface area contributed by atoms with Gasteiger partial charge in [0.15, 0.2) is 11.5 Å². The third-order valence-corrected chi connectivity index (χ3v) is 5.90. The van der Waals surface area contributed by atoms with Crippen molar-refractivity contribution in [3.63, 3.8) is 0 Å². The molecule has 0 aliphatic carbocycles. The average Bonchev–Trinajstić information content (AvgIpc) is 3.25. The highest BCUT2D eigenvalue weighted by atomic mass is 35.5. The molecule has 0 bridgehead atoms. The van der Waals surface area contributed by atoms with Crippen molar-refractivity contribution < 1.29 is 19.3 Å². The molecular weight excluding hydrogens is 416 g/mol. The van der Waals surface area contributed by atoms with E-state index in [0.29, 0.717) is 28.5 Å². The smallest absolute Gasteiger partial charge is 0.217 e. The third kappa shape index (κ3) is 3.24. The van der Waals surface area contributed by atoms with Crippen molar-refractivity contribution in [1.29, 1.82) is 0 Å². The minimum absolute atomic E-state index is 0.0563. The van der Waals surface area contributed by atoms with Gasteiger partial charge in [-0.1, -0.05) is 35.9 Å². The van der Waals surface area contributed by atoms with Gasteiger partial charge in [-0.25, -0.2) is 5.01 Å². The van der Waals surface area contributed by atoms with Crippen molar-refractivity contribution in [3.8, 4) is 23.0 Å². The molecule has 7 heteroatoms. The molecule has 0 amide bonds. The normalized spacial score (nSPS) is 19.2.